The lowest BCUT2D eigenvalue weighted by atomic mass is 9.86. The van der Waals surface area contributed by atoms with E-state index in [0.29, 0.717) is 25.3 Å². The number of halogens is 2. The van der Waals surface area contributed by atoms with Gasteiger partial charge in [0, 0.05) is 37.0 Å². The molecule has 4 aromatic heterocycles. The Morgan fingerprint density at radius 2 is 2.02 bits per heavy atom. The largest absolute Gasteiger partial charge is 0.492 e. The van der Waals surface area contributed by atoms with Crippen molar-refractivity contribution < 1.29 is 13.9 Å². The lowest BCUT2D eigenvalue weighted by Crippen LogP contribution is -2.57. The third-order valence-electron chi connectivity index (χ3n) is 8.37. The fourth-order valence-electron chi connectivity index (χ4n) is 6.56. The number of hydrogen-bond donors (Lipinski definition) is 1. The Hall–Kier alpha value is -4.18. The van der Waals surface area contributed by atoms with Gasteiger partial charge in [-0.25, -0.2) is 13.9 Å². The van der Waals surface area contributed by atoms with E-state index in [4.69, 9.17) is 21.3 Å². The molecule has 1 atom stereocenters. The highest BCUT2D eigenvalue weighted by molar-refractivity contribution is 6.33. The van der Waals surface area contributed by atoms with Gasteiger partial charge in [0.1, 0.15) is 17.4 Å². The number of hydrogen-bond acceptors (Lipinski definition) is 6. The van der Waals surface area contributed by atoms with Crippen LogP contribution in [0.1, 0.15) is 43.0 Å². The van der Waals surface area contributed by atoms with Gasteiger partial charge in [0.05, 0.1) is 46.0 Å². The van der Waals surface area contributed by atoms with E-state index < -0.39 is 5.82 Å². The van der Waals surface area contributed by atoms with Gasteiger partial charge in [-0.3, -0.25) is 9.89 Å². The Morgan fingerprint density at radius 1 is 1.17 bits per heavy atom. The third kappa shape index (κ3) is 4.28. The van der Waals surface area contributed by atoms with Gasteiger partial charge in [-0.05, 0) is 62.9 Å². The Balaban J connectivity index is 1.19. The van der Waals surface area contributed by atoms with Crippen LogP contribution in [0.4, 0.5) is 10.2 Å². The number of carbonyl (C=O) groups is 1. The van der Waals surface area contributed by atoms with E-state index in [1.54, 1.807) is 12.3 Å². The van der Waals surface area contributed by atoms with E-state index in [0.717, 1.165) is 65.8 Å². The van der Waals surface area contributed by atoms with Gasteiger partial charge in [0.2, 0.25) is 0 Å². The molecule has 1 aromatic carbocycles. The molecule has 210 valence electrons. The minimum absolute atomic E-state index is 0.0396. The van der Waals surface area contributed by atoms with Gasteiger partial charge < -0.3 is 14.5 Å². The number of nitrogens with one attached hydrogen (secondary N) is 1. The summed E-state index contributed by atoms with van der Waals surface area (Å²) in [4.78, 5) is 22.5. The van der Waals surface area contributed by atoms with Crippen molar-refractivity contribution in [1.82, 2.24) is 29.7 Å². The summed E-state index contributed by atoms with van der Waals surface area (Å²) in [5, 5.41) is 12.8. The van der Waals surface area contributed by atoms with Crippen molar-refractivity contribution in [2.45, 2.75) is 38.1 Å². The number of anilines is 1. The fourth-order valence-corrected chi connectivity index (χ4v) is 6.81. The summed E-state index contributed by atoms with van der Waals surface area (Å²) < 4.78 is 22.3. The molecule has 0 radical (unpaired) electrons. The number of pyridine rings is 2. The van der Waals surface area contributed by atoms with Gasteiger partial charge in [-0.15, -0.1) is 5.10 Å². The summed E-state index contributed by atoms with van der Waals surface area (Å²) in [6.07, 6.45) is 9.03. The first kappa shape index (κ1) is 25.8. The van der Waals surface area contributed by atoms with Gasteiger partial charge in [0.25, 0.3) is 5.91 Å². The lowest BCUT2D eigenvalue weighted by molar-refractivity contribution is 0.0553. The quantitative estimate of drug-likeness (QED) is 0.288. The summed E-state index contributed by atoms with van der Waals surface area (Å²) >= 11 is 6.28. The number of likely N-dealkylation sites (tertiary alicyclic amines) is 1. The van der Waals surface area contributed by atoms with Gasteiger partial charge >= 0.3 is 0 Å². The maximum absolute atomic E-state index is 14.7. The molecule has 11 heteroatoms. The molecule has 0 saturated carbocycles. The number of benzene rings is 1. The molecule has 9 nitrogen and oxygen atoms in total. The Morgan fingerprint density at radius 3 is 2.80 bits per heavy atom. The normalized spacial score (nSPS) is 19.1. The number of ether oxygens (including phenoxy) is 1. The number of amides is 1. The molecule has 2 saturated heterocycles. The molecule has 6 heterocycles. The molecule has 0 bridgehead atoms. The van der Waals surface area contributed by atoms with E-state index in [-0.39, 0.29) is 22.0 Å². The van der Waals surface area contributed by atoms with Crippen LogP contribution < -0.4 is 9.64 Å². The average molecular weight is 574 g/mol. The first-order valence-electron chi connectivity index (χ1n) is 13.9. The Labute approximate surface area is 240 Å². The number of aromatic nitrogens is 5. The maximum atomic E-state index is 14.7. The van der Waals surface area contributed by atoms with Crippen LogP contribution in [0.25, 0.3) is 27.7 Å². The van der Waals surface area contributed by atoms with Crippen LogP contribution >= 0.6 is 11.6 Å². The highest BCUT2D eigenvalue weighted by atomic mass is 35.5. The van der Waals surface area contributed by atoms with Crippen molar-refractivity contribution in [2.24, 2.45) is 0 Å². The zero-order valence-corrected chi connectivity index (χ0v) is 23.4. The molecule has 1 unspecified atom stereocenters. The van der Waals surface area contributed by atoms with E-state index in [9.17, 15) is 9.18 Å². The number of aromatic amines is 1. The number of piperidine rings is 1. The van der Waals surface area contributed by atoms with Crippen LogP contribution in [0, 0.1) is 5.82 Å². The third-order valence-corrected chi connectivity index (χ3v) is 8.68. The van der Waals surface area contributed by atoms with Crippen molar-refractivity contribution in [3.8, 4) is 16.9 Å². The number of fused-ring (bicyclic) bond motifs is 3. The molecule has 1 spiro atoms. The van der Waals surface area contributed by atoms with Gasteiger partial charge in [-0.1, -0.05) is 17.7 Å². The van der Waals surface area contributed by atoms with Crippen molar-refractivity contribution in [3.05, 3.63) is 71.4 Å². The summed E-state index contributed by atoms with van der Waals surface area (Å²) in [5.41, 5.74) is 3.09. The van der Waals surface area contributed by atoms with E-state index in [1.807, 2.05) is 40.9 Å². The van der Waals surface area contributed by atoms with E-state index in [1.165, 1.54) is 12.1 Å². The monoisotopic (exact) mass is 573 g/mol. The second kappa shape index (κ2) is 10.0. The molecule has 41 heavy (non-hydrogen) atoms. The van der Waals surface area contributed by atoms with Crippen molar-refractivity contribution in [2.75, 3.05) is 31.1 Å². The topological polar surface area (TPSA) is 91.6 Å². The number of rotatable bonds is 5. The first-order valence-corrected chi connectivity index (χ1v) is 14.3. The number of nitrogens with zero attached hydrogens (tertiary/aromatic N) is 6. The SMILES string of the molecule is CCOc1cc(-c2ccc(N3CCCC4(CCCN4C(=O)c4c(F)cccc4Cl)C3)nc2)c2c3cn[nH]c3nn2c1. The Kier molecular flexibility index (Phi) is 6.30. The minimum atomic E-state index is -0.581. The maximum Gasteiger partial charge on any atom is 0.258 e. The van der Waals surface area contributed by atoms with Crippen molar-refractivity contribution in [3.63, 3.8) is 0 Å². The van der Waals surface area contributed by atoms with Gasteiger partial charge in [0.15, 0.2) is 5.65 Å². The predicted octanol–water partition coefficient (Wildman–Crippen LogP) is 5.74. The molecule has 2 aliphatic heterocycles. The fraction of sp³-hybridized carbons (Fsp3) is 0.333. The average Bonchev–Trinajstić information content (AvgIpc) is 3.68. The molecule has 5 aromatic rings. The predicted molar refractivity (Wildman–Crippen MR) is 155 cm³/mol. The first-order chi connectivity index (χ1) is 20.0. The van der Waals surface area contributed by atoms with Crippen molar-refractivity contribution in [1.29, 1.82) is 0 Å². The molecule has 2 aliphatic rings. The van der Waals surface area contributed by atoms with E-state index in [2.05, 4.69) is 26.3 Å². The van der Waals surface area contributed by atoms with Gasteiger partial charge in [-0.2, -0.15) is 5.10 Å². The van der Waals surface area contributed by atoms with Crippen LogP contribution in [0.3, 0.4) is 0 Å². The van der Waals surface area contributed by atoms with Crippen LogP contribution in [0.5, 0.6) is 5.75 Å². The van der Waals surface area contributed by atoms with Crippen LogP contribution in [-0.2, 0) is 0 Å². The smallest absolute Gasteiger partial charge is 0.258 e. The summed E-state index contributed by atoms with van der Waals surface area (Å²) in [7, 11) is 0. The highest BCUT2D eigenvalue weighted by Crippen LogP contribution is 2.40. The van der Waals surface area contributed by atoms with Crippen LogP contribution in [0.15, 0.2) is 55.0 Å². The van der Waals surface area contributed by atoms with Crippen molar-refractivity contribution >= 4 is 39.9 Å². The second-order valence-corrected chi connectivity index (χ2v) is 11.2. The summed E-state index contributed by atoms with van der Waals surface area (Å²) in [6, 6.07) is 10.5. The second-order valence-electron chi connectivity index (χ2n) is 10.8. The molecule has 1 N–H and O–H groups in total. The Bertz CT molecular complexity index is 1750. The summed E-state index contributed by atoms with van der Waals surface area (Å²) in [6.45, 7) is 4.55. The highest BCUT2D eigenvalue weighted by Gasteiger charge is 2.47. The van der Waals surface area contributed by atoms with Crippen LogP contribution in [-0.4, -0.2) is 67.4 Å². The standard InChI is InChI=1S/C30H29ClFN7O2/c1-2-41-20-14-21(27-22-16-34-35-28(22)36-39(27)17-20)19-8-9-25(33-15-19)37-12-4-10-30(18-37)11-5-13-38(30)29(40)26-23(31)6-3-7-24(26)32/h3,6-9,14-17H,2,4-5,10-13,18H2,1H3,(H,35,36). The zero-order chi connectivity index (χ0) is 28.1. The number of H-pyrrole nitrogens is 1. The summed E-state index contributed by atoms with van der Waals surface area (Å²) in [5.74, 6) is 0.647. The molecule has 2 fully saturated rings. The number of carbonyl (C=O) groups excluding carboxylic acids is 1. The minimum Gasteiger partial charge on any atom is -0.492 e. The molecule has 7 rings (SSSR count). The molecular formula is C30H29ClFN7O2. The molecular weight excluding hydrogens is 545 g/mol. The van der Waals surface area contributed by atoms with E-state index >= 15 is 0 Å². The van der Waals surface area contributed by atoms with Crippen LogP contribution in [0.2, 0.25) is 5.02 Å². The zero-order valence-electron chi connectivity index (χ0n) is 22.6. The lowest BCUT2D eigenvalue weighted by Gasteiger charge is -2.46. The molecule has 0 aliphatic carbocycles. The molecule has 1 amide bonds.